The predicted molar refractivity (Wildman–Crippen MR) is 139 cm³/mol. The molecule has 0 unspecified atom stereocenters. The number of benzene rings is 2. The van der Waals surface area contributed by atoms with Crippen molar-refractivity contribution in [2.75, 3.05) is 36.0 Å². The van der Waals surface area contributed by atoms with Crippen molar-refractivity contribution in [1.29, 1.82) is 0 Å². The van der Waals surface area contributed by atoms with Gasteiger partial charge in [0.05, 0.1) is 0 Å². The molecular weight excluding hydrogens is 422 g/mol. The first-order chi connectivity index (χ1) is 16.6. The maximum Gasteiger partial charge on any atom is 0.225 e. The monoisotopic (exact) mass is 457 g/mol. The van der Waals surface area contributed by atoms with Gasteiger partial charge in [-0.15, -0.1) is 0 Å². The minimum absolute atomic E-state index is 0.0396. The molecule has 3 aromatic rings. The lowest BCUT2D eigenvalue weighted by Gasteiger charge is -2.31. The molecule has 1 amide bonds. The summed E-state index contributed by atoms with van der Waals surface area (Å²) in [6.07, 6.45) is 5.41. The highest BCUT2D eigenvalue weighted by atomic mass is 16.1. The molecule has 2 heterocycles. The van der Waals surface area contributed by atoms with Crippen LogP contribution in [0.5, 0.6) is 0 Å². The summed E-state index contributed by atoms with van der Waals surface area (Å²) in [4.78, 5) is 26.4. The van der Waals surface area contributed by atoms with E-state index in [1.54, 1.807) is 0 Å². The van der Waals surface area contributed by atoms with E-state index in [-0.39, 0.29) is 11.8 Å². The number of carbonyl (C=O) groups excluding carboxylic acids is 1. The van der Waals surface area contributed by atoms with E-state index in [0.29, 0.717) is 6.54 Å². The Balaban J connectivity index is 1.26. The van der Waals surface area contributed by atoms with Crippen molar-refractivity contribution in [3.05, 3.63) is 72.1 Å². The normalized spacial score (nSPS) is 14.1. The lowest BCUT2D eigenvalue weighted by Crippen LogP contribution is -2.41. The van der Waals surface area contributed by atoms with E-state index in [4.69, 9.17) is 0 Å². The number of nitrogens with one attached hydrogen (secondary N) is 1. The summed E-state index contributed by atoms with van der Waals surface area (Å²) in [6.45, 7) is 10.6. The quantitative estimate of drug-likeness (QED) is 0.525. The van der Waals surface area contributed by atoms with Gasteiger partial charge in [0.1, 0.15) is 0 Å². The maximum atomic E-state index is 12.7. The van der Waals surface area contributed by atoms with Gasteiger partial charge in [0.2, 0.25) is 11.9 Å². The van der Waals surface area contributed by atoms with Crippen molar-refractivity contribution < 1.29 is 4.79 Å². The molecule has 1 aliphatic heterocycles. The van der Waals surface area contributed by atoms with Gasteiger partial charge >= 0.3 is 0 Å². The zero-order valence-electron chi connectivity index (χ0n) is 20.5. The molecule has 1 aliphatic rings. The van der Waals surface area contributed by atoms with Crippen molar-refractivity contribution in [2.24, 2.45) is 5.92 Å². The smallest absolute Gasteiger partial charge is 0.225 e. The lowest BCUT2D eigenvalue weighted by molar-refractivity contribution is -0.125. The van der Waals surface area contributed by atoms with Gasteiger partial charge in [-0.1, -0.05) is 42.0 Å². The Kier molecular flexibility index (Phi) is 7.78. The second-order valence-corrected chi connectivity index (χ2v) is 8.96. The van der Waals surface area contributed by atoms with Crippen LogP contribution < -0.4 is 15.1 Å². The van der Waals surface area contributed by atoms with E-state index >= 15 is 0 Å². The fourth-order valence-corrected chi connectivity index (χ4v) is 4.55. The zero-order chi connectivity index (χ0) is 23.9. The molecule has 0 saturated carbocycles. The number of piperidine rings is 1. The average molecular weight is 458 g/mol. The fourth-order valence-electron chi connectivity index (χ4n) is 4.55. The zero-order valence-corrected chi connectivity index (χ0v) is 20.5. The third kappa shape index (κ3) is 5.74. The number of carbonyl (C=O) groups is 1. The van der Waals surface area contributed by atoms with Gasteiger partial charge in [0.25, 0.3) is 0 Å². The molecule has 0 radical (unpaired) electrons. The summed E-state index contributed by atoms with van der Waals surface area (Å²) in [7, 11) is 0. The molecule has 2 aromatic carbocycles. The Labute approximate surface area is 203 Å². The highest BCUT2D eigenvalue weighted by molar-refractivity contribution is 5.79. The molecule has 6 nitrogen and oxygen atoms in total. The first kappa shape index (κ1) is 23.7. The van der Waals surface area contributed by atoms with E-state index in [2.05, 4.69) is 94.4 Å². The lowest BCUT2D eigenvalue weighted by atomic mass is 9.96. The predicted octanol–water partition coefficient (Wildman–Crippen LogP) is 4.83. The first-order valence-electron chi connectivity index (χ1n) is 12.3. The number of hydrogen-bond acceptors (Lipinski definition) is 5. The van der Waals surface area contributed by atoms with Crippen LogP contribution in [0.4, 0.5) is 11.6 Å². The number of aryl methyl sites for hydroxylation is 1. The van der Waals surface area contributed by atoms with Gasteiger partial charge in [-0.05, 0) is 56.9 Å². The van der Waals surface area contributed by atoms with Gasteiger partial charge in [-0.3, -0.25) is 4.79 Å². The van der Waals surface area contributed by atoms with E-state index in [1.807, 2.05) is 12.4 Å². The minimum Gasteiger partial charge on any atom is -0.372 e. The van der Waals surface area contributed by atoms with Crippen LogP contribution in [-0.4, -0.2) is 42.1 Å². The topological polar surface area (TPSA) is 61.4 Å². The molecule has 4 rings (SSSR count). The van der Waals surface area contributed by atoms with Crippen LogP contribution in [0.15, 0.2) is 60.9 Å². The van der Waals surface area contributed by atoms with Gasteiger partial charge in [0.15, 0.2) is 0 Å². The van der Waals surface area contributed by atoms with Gasteiger partial charge in [-0.25, -0.2) is 9.97 Å². The van der Waals surface area contributed by atoms with Crippen molar-refractivity contribution in [3.8, 4) is 11.1 Å². The van der Waals surface area contributed by atoms with Crippen LogP contribution in [0.2, 0.25) is 0 Å². The Morgan fingerprint density at radius 1 is 1.00 bits per heavy atom. The van der Waals surface area contributed by atoms with E-state index in [0.717, 1.165) is 61.7 Å². The van der Waals surface area contributed by atoms with Crippen molar-refractivity contribution in [3.63, 3.8) is 0 Å². The maximum absolute atomic E-state index is 12.7. The molecule has 178 valence electrons. The second kappa shape index (κ2) is 11.1. The highest BCUT2D eigenvalue weighted by Crippen LogP contribution is 2.24. The van der Waals surface area contributed by atoms with Gasteiger partial charge in [0, 0.05) is 62.3 Å². The molecule has 34 heavy (non-hydrogen) atoms. The second-order valence-electron chi connectivity index (χ2n) is 8.96. The van der Waals surface area contributed by atoms with E-state index in [1.165, 1.54) is 11.3 Å². The first-order valence-corrected chi connectivity index (χ1v) is 12.3. The highest BCUT2D eigenvalue weighted by Gasteiger charge is 2.26. The van der Waals surface area contributed by atoms with Crippen LogP contribution in [0, 0.1) is 12.8 Å². The third-order valence-electron chi connectivity index (χ3n) is 6.67. The molecule has 1 saturated heterocycles. The number of anilines is 2. The van der Waals surface area contributed by atoms with Crippen LogP contribution in [0.1, 0.15) is 37.8 Å². The summed E-state index contributed by atoms with van der Waals surface area (Å²) in [5.41, 5.74) is 5.72. The SMILES string of the molecule is CCN(CC)c1ccc(CNC(=O)C2CCN(c3ncc(-c4cccc(C)c4)cn3)CC2)cc1. The average Bonchev–Trinajstić information content (AvgIpc) is 2.89. The Morgan fingerprint density at radius 2 is 1.68 bits per heavy atom. The standard InChI is InChI=1S/C28H35N5O/c1-4-32(5-2)26-11-9-22(10-12-26)18-29-27(34)23-13-15-33(16-14-23)28-30-19-25(20-31-28)24-8-6-7-21(3)17-24/h6-12,17,19-20,23H,4-5,13-16,18H2,1-3H3,(H,29,34). The summed E-state index contributed by atoms with van der Waals surface area (Å²) in [5.74, 6) is 0.921. The van der Waals surface area contributed by atoms with E-state index < -0.39 is 0 Å². The Bertz CT molecular complexity index is 1070. The van der Waals surface area contributed by atoms with Crippen molar-refractivity contribution in [1.82, 2.24) is 15.3 Å². The molecular formula is C28H35N5O. The Hall–Kier alpha value is -3.41. The van der Waals surface area contributed by atoms with Crippen LogP contribution in [-0.2, 0) is 11.3 Å². The Morgan fingerprint density at radius 3 is 2.29 bits per heavy atom. The fraction of sp³-hybridized carbons (Fsp3) is 0.393. The minimum atomic E-state index is 0.0396. The molecule has 1 fully saturated rings. The summed E-state index contributed by atoms with van der Waals surface area (Å²) in [5, 5.41) is 3.13. The third-order valence-corrected chi connectivity index (χ3v) is 6.67. The molecule has 0 aliphatic carbocycles. The van der Waals surface area contributed by atoms with Crippen LogP contribution in [0.25, 0.3) is 11.1 Å². The molecule has 0 spiro atoms. The number of nitrogens with zero attached hydrogens (tertiary/aromatic N) is 4. The largest absolute Gasteiger partial charge is 0.372 e. The van der Waals surface area contributed by atoms with E-state index in [9.17, 15) is 4.79 Å². The van der Waals surface area contributed by atoms with Crippen LogP contribution in [0.3, 0.4) is 0 Å². The molecule has 0 bridgehead atoms. The van der Waals surface area contributed by atoms with Crippen molar-refractivity contribution in [2.45, 2.75) is 40.2 Å². The molecule has 1 N–H and O–H groups in total. The summed E-state index contributed by atoms with van der Waals surface area (Å²) < 4.78 is 0. The van der Waals surface area contributed by atoms with Crippen molar-refractivity contribution >= 4 is 17.5 Å². The molecule has 6 heteroatoms. The molecule has 0 atom stereocenters. The summed E-state index contributed by atoms with van der Waals surface area (Å²) in [6, 6.07) is 16.8. The van der Waals surface area contributed by atoms with Gasteiger partial charge < -0.3 is 15.1 Å². The van der Waals surface area contributed by atoms with Gasteiger partial charge in [-0.2, -0.15) is 0 Å². The van der Waals surface area contributed by atoms with Crippen LogP contribution >= 0.6 is 0 Å². The number of amides is 1. The number of hydrogen-bond donors (Lipinski definition) is 1. The number of rotatable bonds is 8. The summed E-state index contributed by atoms with van der Waals surface area (Å²) >= 11 is 0. The molecule has 1 aromatic heterocycles. The number of aromatic nitrogens is 2.